The topological polar surface area (TPSA) is 117 Å². The fourth-order valence-corrected chi connectivity index (χ4v) is 5.63. The van der Waals surface area contributed by atoms with Gasteiger partial charge in [0, 0.05) is 19.6 Å². The second-order valence-electron chi connectivity index (χ2n) is 12.4. The number of rotatable bonds is 36. The quantitative estimate of drug-likeness (QED) is 0.0286. The molecule has 0 amide bonds. The summed E-state index contributed by atoms with van der Waals surface area (Å²) < 4.78 is 33.3. The van der Waals surface area contributed by atoms with Crippen LogP contribution in [0.2, 0.25) is 0 Å². The molecule has 2 unspecified atom stereocenters. The molecule has 9 heteroatoms. The molecule has 0 rings (SSSR count). The van der Waals surface area contributed by atoms with Gasteiger partial charge in [-0.05, 0) is 77.0 Å². The molecule has 0 aliphatic heterocycles. The Bertz CT molecular complexity index is 932. The van der Waals surface area contributed by atoms with Gasteiger partial charge in [0.25, 0.3) is 0 Å². The highest BCUT2D eigenvalue weighted by molar-refractivity contribution is 7.47. The van der Waals surface area contributed by atoms with Gasteiger partial charge in [-0.2, -0.15) is 0 Å². The van der Waals surface area contributed by atoms with E-state index in [0.29, 0.717) is 13.0 Å². The molecular weight excluding hydrogens is 637 g/mol. The van der Waals surface area contributed by atoms with Crippen molar-refractivity contribution in [3.05, 3.63) is 60.8 Å². The molecule has 0 aromatic carbocycles. The van der Waals surface area contributed by atoms with Crippen LogP contribution in [0.1, 0.15) is 149 Å². The van der Waals surface area contributed by atoms with Gasteiger partial charge in [0.05, 0.1) is 19.8 Å². The lowest BCUT2D eigenvalue weighted by Gasteiger charge is -2.20. The first kappa shape index (κ1) is 47.2. The minimum atomic E-state index is -4.29. The van der Waals surface area contributed by atoms with Gasteiger partial charge in [0.2, 0.25) is 0 Å². The SMILES string of the molecule is CC/C=C\C/C=C\C/C=C\C/C=C\CCCCC(=O)OC(COCCCCCCCC/C=C\CCCCCCC)COP(=O)(O)OCCN. The van der Waals surface area contributed by atoms with Gasteiger partial charge < -0.3 is 20.1 Å². The molecule has 0 saturated carbocycles. The smallest absolute Gasteiger partial charge is 0.457 e. The molecule has 0 aromatic heterocycles. The van der Waals surface area contributed by atoms with E-state index >= 15 is 0 Å². The van der Waals surface area contributed by atoms with E-state index in [1.165, 1.54) is 70.6 Å². The van der Waals surface area contributed by atoms with E-state index < -0.39 is 13.9 Å². The number of carbonyl (C=O) groups excluding carboxylic acids is 1. The number of hydrogen-bond acceptors (Lipinski definition) is 7. The number of hydrogen-bond donors (Lipinski definition) is 2. The zero-order valence-corrected chi connectivity index (χ0v) is 32.1. The fourth-order valence-electron chi connectivity index (χ4n) is 4.86. The third kappa shape index (κ3) is 37.3. The number of nitrogens with two attached hydrogens (primary N) is 1. The van der Waals surface area contributed by atoms with Gasteiger partial charge >= 0.3 is 13.8 Å². The minimum absolute atomic E-state index is 0.0899. The Hall–Kier alpha value is -1.80. The van der Waals surface area contributed by atoms with E-state index in [4.69, 9.17) is 24.3 Å². The van der Waals surface area contributed by atoms with E-state index in [1.54, 1.807) is 0 Å². The molecule has 284 valence electrons. The van der Waals surface area contributed by atoms with Gasteiger partial charge in [-0.25, -0.2) is 4.57 Å². The summed E-state index contributed by atoms with van der Waals surface area (Å²) in [6, 6.07) is 0. The first-order valence-corrected chi connectivity index (χ1v) is 20.8. The number of allylic oxidation sites excluding steroid dienone is 10. The van der Waals surface area contributed by atoms with Crippen LogP contribution >= 0.6 is 7.82 Å². The molecular formula is C40H72NO7P. The Morgan fingerprint density at radius 1 is 0.633 bits per heavy atom. The summed E-state index contributed by atoms with van der Waals surface area (Å²) in [5.41, 5.74) is 5.35. The monoisotopic (exact) mass is 710 g/mol. The van der Waals surface area contributed by atoms with Gasteiger partial charge in [-0.1, -0.05) is 126 Å². The van der Waals surface area contributed by atoms with Crippen molar-refractivity contribution < 1.29 is 32.8 Å². The van der Waals surface area contributed by atoms with Gasteiger partial charge in [0.15, 0.2) is 0 Å². The van der Waals surface area contributed by atoms with Crippen LogP contribution in [0.3, 0.4) is 0 Å². The highest BCUT2D eigenvalue weighted by Crippen LogP contribution is 2.43. The summed E-state index contributed by atoms with van der Waals surface area (Å²) in [7, 11) is -4.29. The van der Waals surface area contributed by atoms with E-state index in [1.807, 2.05) is 0 Å². The number of ether oxygens (including phenoxy) is 2. The molecule has 3 N–H and O–H groups in total. The molecule has 0 aliphatic carbocycles. The molecule has 49 heavy (non-hydrogen) atoms. The van der Waals surface area contributed by atoms with E-state index in [0.717, 1.165) is 51.4 Å². The zero-order valence-electron chi connectivity index (χ0n) is 31.2. The first-order valence-electron chi connectivity index (χ1n) is 19.3. The highest BCUT2D eigenvalue weighted by atomic mass is 31.2. The van der Waals surface area contributed by atoms with Crippen LogP contribution in [0.4, 0.5) is 0 Å². The summed E-state index contributed by atoms with van der Waals surface area (Å²) in [4.78, 5) is 22.4. The average Bonchev–Trinajstić information content (AvgIpc) is 3.09. The molecule has 0 radical (unpaired) electrons. The van der Waals surface area contributed by atoms with Crippen LogP contribution in [-0.2, 0) is 27.9 Å². The lowest BCUT2D eigenvalue weighted by atomic mass is 10.1. The first-order chi connectivity index (χ1) is 23.9. The Labute approximate surface area is 300 Å². The van der Waals surface area contributed by atoms with Crippen molar-refractivity contribution in [3.63, 3.8) is 0 Å². The highest BCUT2D eigenvalue weighted by Gasteiger charge is 2.25. The lowest BCUT2D eigenvalue weighted by Crippen LogP contribution is -2.28. The number of phosphoric ester groups is 1. The van der Waals surface area contributed by atoms with E-state index in [9.17, 15) is 14.3 Å². The number of unbranched alkanes of at least 4 members (excludes halogenated alkanes) is 13. The molecule has 0 spiro atoms. The zero-order chi connectivity index (χ0) is 35.9. The largest absolute Gasteiger partial charge is 0.472 e. The number of carbonyl (C=O) groups is 1. The molecule has 0 aliphatic rings. The lowest BCUT2D eigenvalue weighted by molar-refractivity contribution is -0.154. The summed E-state index contributed by atoms with van der Waals surface area (Å²) in [6.45, 7) is 4.70. The van der Waals surface area contributed by atoms with Crippen molar-refractivity contribution in [3.8, 4) is 0 Å². The van der Waals surface area contributed by atoms with Gasteiger partial charge in [-0.15, -0.1) is 0 Å². The van der Waals surface area contributed by atoms with Crippen LogP contribution in [-0.4, -0.2) is 49.9 Å². The van der Waals surface area contributed by atoms with Crippen LogP contribution in [0.5, 0.6) is 0 Å². The molecule has 0 bridgehead atoms. The Balaban J connectivity index is 4.19. The Morgan fingerprint density at radius 2 is 1.14 bits per heavy atom. The van der Waals surface area contributed by atoms with Crippen molar-refractivity contribution in [2.75, 3.05) is 33.0 Å². The van der Waals surface area contributed by atoms with Gasteiger partial charge in [-0.3, -0.25) is 13.8 Å². The van der Waals surface area contributed by atoms with Crippen LogP contribution < -0.4 is 5.73 Å². The third-order valence-corrected chi connectivity index (χ3v) is 8.65. The summed E-state index contributed by atoms with van der Waals surface area (Å²) >= 11 is 0. The molecule has 0 saturated heterocycles. The maximum Gasteiger partial charge on any atom is 0.472 e. The Morgan fingerprint density at radius 3 is 1.73 bits per heavy atom. The third-order valence-electron chi connectivity index (χ3n) is 7.67. The minimum Gasteiger partial charge on any atom is -0.457 e. The molecule has 0 fully saturated rings. The van der Waals surface area contributed by atoms with Gasteiger partial charge in [0.1, 0.15) is 6.10 Å². The molecule has 0 aromatic rings. The standard InChI is InChI=1S/C40H72NO7P/c1-3-5-7-9-11-13-15-17-19-21-23-25-27-29-31-33-40(42)48-39(38-47-49(43,44)46-36-34-41)37-45-35-32-30-28-26-24-22-20-18-16-14-12-10-8-6-4-2/h5,7,11,13,16-19,23,25,39H,3-4,6,8-10,12,14-15,20-22,24,26-38,41H2,1-2H3,(H,43,44)/b7-5-,13-11-,18-16-,19-17-,25-23-. The van der Waals surface area contributed by atoms with E-state index in [-0.39, 0.29) is 38.8 Å². The normalized spacial score (nSPS) is 14.3. The summed E-state index contributed by atoms with van der Waals surface area (Å²) in [5.74, 6) is -0.375. The number of phosphoric acid groups is 1. The molecule has 8 nitrogen and oxygen atoms in total. The van der Waals surface area contributed by atoms with Crippen LogP contribution in [0, 0.1) is 0 Å². The Kier molecular flexibility index (Phi) is 36.1. The van der Waals surface area contributed by atoms with Crippen LogP contribution in [0.15, 0.2) is 60.8 Å². The van der Waals surface area contributed by atoms with Crippen molar-refractivity contribution in [2.24, 2.45) is 5.73 Å². The van der Waals surface area contributed by atoms with Crippen molar-refractivity contribution >= 4 is 13.8 Å². The second kappa shape index (κ2) is 37.5. The molecule has 2 atom stereocenters. The predicted octanol–water partition coefficient (Wildman–Crippen LogP) is 11.0. The van der Waals surface area contributed by atoms with Crippen molar-refractivity contribution in [2.45, 2.75) is 155 Å². The fraction of sp³-hybridized carbons (Fsp3) is 0.725. The van der Waals surface area contributed by atoms with Crippen molar-refractivity contribution in [1.82, 2.24) is 0 Å². The second-order valence-corrected chi connectivity index (χ2v) is 13.9. The average molecular weight is 710 g/mol. The maximum absolute atomic E-state index is 12.5. The number of esters is 1. The van der Waals surface area contributed by atoms with E-state index in [2.05, 4.69) is 74.6 Å². The predicted molar refractivity (Wildman–Crippen MR) is 205 cm³/mol. The molecule has 0 heterocycles. The maximum atomic E-state index is 12.5. The van der Waals surface area contributed by atoms with Crippen molar-refractivity contribution in [1.29, 1.82) is 0 Å². The van der Waals surface area contributed by atoms with Crippen LogP contribution in [0.25, 0.3) is 0 Å². The summed E-state index contributed by atoms with van der Waals surface area (Å²) in [5, 5.41) is 0. The summed E-state index contributed by atoms with van der Waals surface area (Å²) in [6.07, 6.45) is 43.8.